The van der Waals surface area contributed by atoms with Gasteiger partial charge in [0.25, 0.3) is 0 Å². The average molecular weight is 600 g/mol. The minimum absolute atomic E-state index is 0.536. The van der Waals surface area contributed by atoms with E-state index in [1.165, 1.54) is 37.4 Å². The van der Waals surface area contributed by atoms with Crippen LogP contribution in [0.1, 0.15) is 5.56 Å². The minimum Gasteiger partial charge on any atom is -0.250 e. The Morgan fingerprint density at radius 1 is 0.524 bits per heavy atom. The van der Waals surface area contributed by atoms with Crippen LogP contribution in [0.15, 0.2) is 175 Å². The lowest BCUT2D eigenvalue weighted by atomic mass is 10.2. The Labute approximate surface area is 253 Å². The molecule has 0 amide bonds. The first kappa shape index (κ1) is 28.4. The quantitative estimate of drug-likeness (QED) is 0.167. The molecule has 0 aliphatic rings. The first-order chi connectivity index (χ1) is 20.7. The normalized spacial score (nSPS) is 12.2. The van der Waals surface area contributed by atoms with Gasteiger partial charge in [0.05, 0.1) is 10.8 Å². The molecule has 0 aromatic heterocycles. The van der Waals surface area contributed by atoms with Gasteiger partial charge >= 0.3 is 0 Å². The summed E-state index contributed by atoms with van der Waals surface area (Å²) in [6, 6.07) is 60.6. The van der Waals surface area contributed by atoms with Crippen molar-refractivity contribution < 1.29 is 4.21 Å². The lowest BCUT2D eigenvalue weighted by Gasteiger charge is -2.31. The summed E-state index contributed by atoms with van der Waals surface area (Å²) in [5, 5.41) is 7.75. The van der Waals surface area contributed by atoms with Crippen LogP contribution in [0.25, 0.3) is 0 Å². The number of hydrogen-bond acceptors (Lipinski definition) is 1. The molecular formula is C38H33OP2S+. The number of hydrogen-bond donors (Lipinski definition) is 0. The standard InChI is InChI=1S/C38H33OP2S/c1-31-26-28-36(29-27-31)42(39)30-41(34-20-10-4-11-21-34,35-22-12-5-13-23-35)38-25-15-14-24-37(38)40(32-16-6-2-7-17-32)33-18-8-3-9-19-33/h2-29H,30H2,1H3/q+1. The maximum absolute atomic E-state index is 14.5. The van der Waals surface area contributed by atoms with E-state index < -0.39 is 26.0 Å². The van der Waals surface area contributed by atoms with Crippen LogP contribution < -0.4 is 31.8 Å². The Bertz CT molecular complexity index is 1680. The van der Waals surface area contributed by atoms with Gasteiger partial charge in [-0.15, -0.1) is 0 Å². The monoisotopic (exact) mass is 599 g/mol. The Morgan fingerprint density at radius 2 is 0.952 bits per heavy atom. The highest BCUT2D eigenvalue weighted by Crippen LogP contribution is 2.57. The van der Waals surface area contributed by atoms with E-state index >= 15 is 0 Å². The fourth-order valence-corrected chi connectivity index (χ4v) is 15.9. The van der Waals surface area contributed by atoms with Crippen molar-refractivity contribution in [2.75, 3.05) is 5.49 Å². The number of rotatable bonds is 9. The minimum atomic E-state index is -2.40. The highest BCUT2D eigenvalue weighted by atomic mass is 32.2. The Morgan fingerprint density at radius 3 is 1.45 bits per heavy atom. The molecular weight excluding hydrogens is 566 g/mol. The van der Waals surface area contributed by atoms with E-state index in [0.717, 1.165) is 4.90 Å². The molecule has 0 saturated carbocycles. The third-order valence-electron chi connectivity index (χ3n) is 7.55. The molecule has 42 heavy (non-hydrogen) atoms. The van der Waals surface area contributed by atoms with E-state index in [0.29, 0.717) is 5.49 Å². The summed E-state index contributed by atoms with van der Waals surface area (Å²) in [5.74, 6) is 0. The predicted molar refractivity (Wildman–Crippen MR) is 186 cm³/mol. The second-order valence-corrected chi connectivity index (χ2v) is 17.8. The highest BCUT2D eigenvalue weighted by Gasteiger charge is 2.49. The SMILES string of the molecule is Cc1ccc(S(=O)C[P+](c2ccccc2)(c2ccccc2)c2ccccc2P(c2ccccc2)c2ccccc2)cc1. The van der Waals surface area contributed by atoms with Crippen LogP contribution in [-0.4, -0.2) is 9.70 Å². The van der Waals surface area contributed by atoms with Crippen molar-refractivity contribution in [3.05, 3.63) is 175 Å². The van der Waals surface area contributed by atoms with Gasteiger partial charge in [0.1, 0.15) is 23.2 Å². The van der Waals surface area contributed by atoms with Gasteiger partial charge in [0.15, 0.2) is 5.49 Å². The van der Waals surface area contributed by atoms with Crippen molar-refractivity contribution >= 4 is 57.8 Å². The summed E-state index contributed by atoms with van der Waals surface area (Å²) in [6.07, 6.45) is 0. The summed E-state index contributed by atoms with van der Waals surface area (Å²) < 4.78 is 14.5. The molecule has 6 rings (SSSR count). The molecule has 4 heteroatoms. The number of aryl methyl sites for hydroxylation is 1. The van der Waals surface area contributed by atoms with Gasteiger partial charge in [-0.1, -0.05) is 127 Å². The second kappa shape index (κ2) is 13.1. The Kier molecular flexibility index (Phi) is 8.87. The van der Waals surface area contributed by atoms with Gasteiger partial charge < -0.3 is 0 Å². The molecule has 6 aromatic rings. The molecule has 0 spiro atoms. The van der Waals surface area contributed by atoms with Crippen LogP contribution in [-0.2, 0) is 10.8 Å². The molecule has 6 aromatic carbocycles. The van der Waals surface area contributed by atoms with Crippen molar-refractivity contribution in [3.63, 3.8) is 0 Å². The lowest BCUT2D eigenvalue weighted by Crippen LogP contribution is -2.42. The maximum atomic E-state index is 14.5. The van der Waals surface area contributed by atoms with Gasteiger partial charge in [-0.25, -0.2) is 0 Å². The lowest BCUT2D eigenvalue weighted by molar-refractivity contribution is 0.686. The molecule has 0 N–H and O–H groups in total. The summed E-state index contributed by atoms with van der Waals surface area (Å²) in [4.78, 5) is 0.878. The van der Waals surface area contributed by atoms with Crippen LogP contribution in [0.4, 0.5) is 0 Å². The zero-order chi connectivity index (χ0) is 28.8. The van der Waals surface area contributed by atoms with Crippen molar-refractivity contribution in [2.45, 2.75) is 11.8 Å². The van der Waals surface area contributed by atoms with Crippen LogP contribution in [0.2, 0.25) is 0 Å². The predicted octanol–water partition coefficient (Wildman–Crippen LogP) is 6.81. The van der Waals surface area contributed by atoms with Gasteiger partial charge in [-0.05, 0) is 74.0 Å². The van der Waals surface area contributed by atoms with E-state index in [2.05, 4.69) is 165 Å². The zero-order valence-corrected chi connectivity index (χ0v) is 26.2. The van der Waals surface area contributed by atoms with Gasteiger partial charge in [0, 0.05) is 10.2 Å². The van der Waals surface area contributed by atoms with Crippen LogP contribution in [0.3, 0.4) is 0 Å². The van der Waals surface area contributed by atoms with E-state index in [9.17, 15) is 4.21 Å². The molecule has 0 aliphatic heterocycles. The molecule has 0 bridgehead atoms. The van der Waals surface area contributed by atoms with Crippen LogP contribution in [0, 0.1) is 6.92 Å². The molecule has 0 saturated heterocycles. The van der Waals surface area contributed by atoms with Crippen molar-refractivity contribution in [3.8, 4) is 0 Å². The molecule has 0 heterocycles. The summed E-state index contributed by atoms with van der Waals surface area (Å²) in [7, 11) is -4.49. The van der Waals surface area contributed by atoms with Crippen molar-refractivity contribution in [2.24, 2.45) is 0 Å². The Balaban J connectivity index is 1.65. The zero-order valence-electron chi connectivity index (χ0n) is 23.6. The average Bonchev–Trinajstić information content (AvgIpc) is 3.06. The van der Waals surface area contributed by atoms with E-state index in [4.69, 9.17) is 0 Å². The molecule has 1 nitrogen and oxygen atoms in total. The van der Waals surface area contributed by atoms with E-state index in [1.807, 2.05) is 12.1 Å². The molecule has 1 unspecified atom stereocenters. The third kappa shape index (κ3) is 5.81. The molecule has 0 aliphatic carbocycles. The maximum Gasteiger partial charge on any atom is 0.152 e. The molecule has 206 valence electrons. The van der Waals surface area contributed by atoms with Gasteiger partial charge in [-0.3, -0.25) is 4.21 Å². The van der Waals surface area contributed by atoms with Crippen molar-refractivity contribution in [1.29, 1.82) is 0 Å². The van der Waals surface area contributed by atoms with Crippen molar-refractivity contribution in [1.82, 2.24) is 0 Å². The summed E-state index contributed by atoms with van der Waals surface area (Å²) >= 11 is 0. The summed E-state index contributed by atoms with van der Waals surface area (Å²) in [6.45, 7) is 2.07. The molecule has 1 atom stereocenters. The Hall–Kier alpha value is -3.67. The first-order valence-electron chi connectivity index (χ1n) is 14.1. The first-order valence-corrected chi connectivity index (χ1v) is 18.7. The van der Waals surface area contributed by atoms with Gasteiger partial charge in [-0.2, -0.15) is 0 Å². The highest BCUT2D eigenvalue weighted by molar-refractivity contribution is 8.07. The number of benzene rings is 6. The van der Waals surface area contributed by atoms with Crippen LogP contribution in [0.5, 0.6) is 0 Å². The van der Waals surface area contributed by atoms with Gasteiger partial charge in [0.2, 0.25) is 0 Å². The molecule has 0 radical (unpaired) electrons. The molecule has 0 fully saturated rings. The fraction of sp³-hybridized carbons (Fsp3) is 0.0526. The fourth-order valence-electron chi connectivity index (χ4n) is 5.51. The van der Waals surface area contributed by atoms with E-state index in [-0.39, 0.29) is 0 Å². The topological polar surface area (TPSA) is 17.1 Å². The summed E-state index contributed by atoms with van der Waals surface area (Å²) in [5.41, 5.74) is 1.71. The third-order valence-corrected chi connectivity index (χ3v) is 17.1. The second-order valence-electron chi connectivity index (χ2n) is 10.3. The van der Waals surface area contributed by atoms with E-state index in [1.54, 1.807) is 0 Å². The smallest absolute Gasteiger partial charge is 0.152 e. The van der Waals surface area contributed by atoms with Crippen LogP contribution >= 0.6 is 15.2 Å². The largest absolute Gasteiger partial charge is 0.250 e.